The number of nitro benzene ring substituents is 1. The van der Waals surface area contributed by atoms with E-state index in [1.54, 1.807) is 12.1 Å². The molecule has 1 N–H and O–H groups in total. The smallest absolute Gasteiger partial charge is 0.269 e. The molecular formula is C13H18N2O4S. The first-order valence-corrected chi connectivity index (χ1v) is 7.33. The Morgan fingerprint density at radius 1 is 1.40 bits per heavy atom. The number of nitro groups is 1. The fraction of sp³-hybridized carbons (Fsp3) is 0.462. The van der Waals surface area contributed by atoms with Crippen molar-refractivity contribution < 1.29 is 14.5 Å². The standard InChI is InChI=1S/C13H18N2O4S/c1-2-19-9-3-8-14-13(16)10-20-12-6-4-11(5-7-12)15(17)18/h4-7H,2-3,8-10H2,1H3,(H,14,16). The Balaban J connectivity index is 2.22. The molecule has 0 radical (unpaired) electrons. The number of nitrogens with one attached hydrogen (secondary N) is 1. The molecule has 1 rings (SSSR count). The summed E-state index contributed by atoms with van der Waals surface area (Å²) in [4.78, 5) is 22.4. The molecule has 0 aliphatic rings. The van der Waals surface area contributed by atoms with E-state index in [9.17, 15) is 14.9 Å². The molecule has 0 fully saturated rings. The third-order valence-corrected chi connectivity index (χ3v) is 3.42. The van der Waals surface area contributed by atoms with Crippen LogP contribution in [0.5, 0.6) is 0 Å². The molecule has 0 saturated carbocycles. The zero-order valence-electron chi connectivity index (χ0n) is 11.3. The van der Waals surface area contributed by atoms with Crippen LogP contribution in [-0.2, 0) is 9.53 Å². The summed E-state index contributed by atoms with van der Waals surface area (Å²) in [5, 5.41) is 13.3. The van der Waals surface area contributed by atoms with Crippen molar-refractivity contribution in [3.05, 3.63) is 34.4 Å². The number of hydrogen-bond donors (Lipinski definition) is 1. The van der Waals surface area contributed by atoms with Crippen molar-refractivity contribution in [3.63, 3.8) is 0 Å². The molecule has 0 spiro atoms. The van der Waals surface area contributed by atoms with Gasteiger partial charge in [-0.1, -0.05) is 0 Å². The molecule has 0 aliphatic carbocycles. The van der Waals surface area contributed by atoms with Crippen LogP contribution in [0, 0.1) is 10.1 Å². The van der Waals surface area contributed by atoms with Gasteiger partial charge in [0.05, 0.1) is 10.7 Å². The average Bonchev–Trinajstić information content (AvgIpc) is 2.45. The van der Waals surface area contributed by atoms with E-state index in [1.807, 2.05) is 6.92 Å². The first-order chi connectivity index (χ1) is 9.63. The summed E-state index contributed by atoms with van der Waals surface area (Å²) in [6.07, 6.45) is 0.793. The predicted octanol–water partition coefficient (Wildman–Crippen LogP) is 2.23. The van der Waals surface area contributed by atoms with Crippen LogP contribution in [0.25, 0.3) is 0 Å². The molecule has 0 bridgehead atoms. The molecule has 0 unspecified atom stereocenters. The minimum absolute atomic E-state index is 0.0507. The lowest BCUT2D eigenvalue weighted by Crippen LogP contribution is -2.26. The second kappa shape index (κ2) is 9.33. The second-order valence-corrected chi connectivity index (χ2v) is 4.99. The number of benzene rings is 1. The molecule has 0 aromatic heterocycles. The molecule has 0 aliphatic heterocycles. The van der Waals surface area contributed by atoms with Gasteiger partial charge in [-0.25, -0.2) is 0 Å². The summed E-state index contributed by atoms with van der Waals surface area (Å²) in [5.74, 6) is 0.247. The lowest BCUT2D eigenvalue weighted by molar-refractivity contribution is -0.384. The third kappa shape index (κ3) is 6.53. The van der Waals surface area contributed by atoms with Gasteiger partial charge in [0.15, 0.2) is 0 Å². The van der Waals surface area contributed by atoms with Gasteiger partial charge in [0, 0.05) is 36.8 Å². The van der Waals surface area contributed by atoms with Crippen molar-refractivity contribution in [2.75, 3.05) is 25.5 Å². The highest BCUT2D eigenvalue weighted by Crippen LogP contribution is 2.20. The van der Waals surface area contributed by atoms with Crippen molar-refractivity contribution in [2.24, 2.45) is 0 Å². The van der Waals surface area contributed by atoms with E-state index >= 15 is 0 Å². The number of nitrogens with zero attached hydrogens (tertiary/aromatic N) is 1. The van der Waals surface area contributed by atoms with Crippen molar-refractivity contribution in [1.29, 1.82) is 0 Å². The van der Waals surface area contributed by atoms with Gasteiger partial charge in [0.25, 0.3) is 5.69 Å². The Hall–Kier alpha value is -1.60. The molecule has 1 aromatic carbocycles. The lowest BCUT2D eigenvalue weighted by atomic mass is 10.3. The Bertz CT molecular complexity index is 437. The van der Waals surface area contributed by atoms with Crippen molar-refractivity contribution in [3.8, 4) is 0 Å². The summed E-state index contributed by atoms with van der Waals surface area (Å²) in [6.45, 7) is 3.86. The maximum Gasteiger partial charge on any atom is 0.269 e. The minimum atomic E-state index is -0.445. The fourth-order valence-corrected chi connectivity index (χ4v) is 2.14. The monoisotopic (exact) mass is 298 g/mol. The Kier molecular flexibility index (Phi) is 7.67. The summed E-state index contributed by atoms with van der Waals surface area (Å²) >= 11 is 1.35. The largest absolute Gasteiger partial charge is 0.382 e. The van der Waals surface area contributed by atoms with Crippen LogP contribution in [0.1, 0.15) is 13.3 Å². The van der Waals surface area contributed by atoms with Crippen LogP contribution < -0.4 is 5.32 Å². The van der Waals surface area contributed by atoms with Gasteiger partial charge in [-0.2, -0.15) is 0 Å². The van der Waals surface area contributed by atoms with E-state index in [-0.39, 0.29) is 11.6 Å². The van der Waals surface area contributed by atoms with Gasteiger partial charge in [-0.3, -0.25) is 14.9 Å². The number of amides is 1. The number of non-ortho nitro benzene ring substituents is 1. The van der Waals surface area contributed by atoms with E-state index in [2.05, 4.69) is 5.32 Å². The Labute approximate surface area is 122 Å². The highest BCUT2D eigenvalue weighted by atomic mass is 32.2. The highest BCUT2D eigenvalue weighted by molar-refractivity contribution is 8.00. The Morgan fingerprint density at radius 2 is 2.10 bits per heavy atom. The highest BCUT2D eigenvalue weighted by Gasteiger charge is 2.06. The van der Waals surface area contributed by atoms with Gasteiger partial charge in [-0.05, 0) is 25.5 Å². The quantitative estimate of drug-likeness (QED) is 0.327. The van der Waals surface area contributed by atoms with E-state index in [0.29, 0.717) is 25.5 Å². The first kappa shape index (κ1) is 16.5. The van der Waals surface area contributed by atoms with Crippen LogP contribution in [0.4, 0.5) is 5.69 Å². The SMILES string of the molecule is CCOCCCNC(=O)CSc1ccc([N+](=O)[O-])cc1. The molecule has 1 amide bonds. The van der Waals surface area contributed by atoms with Gasteiger partial charge in [0.2, 0.25) is 5.91 Å². The topological polar surface area (TPSA) is 81.5 Å². The predicted molar refractivity (Wildman–Crippen MR) is 77.9 cm³/mol. The van der Waals surface area contributed by atoms with E-state index in [4.69, 9.17) is 4.74 Å². The second-order valence-electron chi connectivity index (χ2n) is 3.94. The van der Waals surface area contributed by atoms with Crippen LogP contribution in [0.15, 0.2) is 29.2 Å². The van der Waals surface area contributed by atoms with Gasteiger partial charge in [0.1, 0.15) is 0 Å². The Morgan fingerprint density at radius 3 is 2.70 bits per heavy atom. The molecule has 1 aromatic rings. The molecular weight excluding hydrogens is 280 g/mol. The molecule has 20 heavy (non-hydrogen) atoms. The number of ether oxygens (including phenoxy) is 1. The zero-order valence-corrected chi connectivity index (χ0v) is 12.1. The van der Waals surface area contributed by atoms with Crippen LogP contribution >= 0.6 is 11.8 Å². The number of carbonyl (C=O) groups excluding carboxylic acids is 1. The number of carbonyl (C=O) groups is 1. The molecule has 0 saturated heterocycles. The number of thioether (sulfide) groups is 1. The van der Waals surface area contributed by atoms with Crippen LogP contribution in [0.3, 0.4) is 0 Å². The maximum atomic E-state index is 11.5. The molecule has 0 heterocycles. The maximum absolute atomic E-state index is 11.5. The average molecular weight is 298 g/mol. The number of rotatable bonds is 9. The molecule has 6 nitrogen and oxygen atoms in total. The normalized spacial score (nSPS) is 10.2. The lowest BCUT2D eigenvalue weighted by Gasteiger charge is -2.05. The van der Waals surface area contributed by atoms with Crippen molar-refractivity contribution in [2.45, 2.75) is 18.2 Å². The minimum Gasteiger partial charge on any atom is -0.382 e. The summed E-state index contributed by atoms with van der Waals surface area (Å²) in [7, 11) is 0. The fourth-order valence-electron chi connectivity index (χ4n) is 1.41. The van der Waals surface area contributed by atoms with Crippen LogP contribution in [0.2, 0.25) is 0 Å². The third-order valence-electron chi connectivity index (χ3n) is 2.41. The van der Waals surface area contributed by atoms with E-state index < -0.39 is 4.92 Å². The number of hydrogen-bond acceptors (Lipinski definition) is 5. The van der Waals surface area contributed by atoms with E-state index in [0.717, 1.165) is 11.3 Å². The van der Waals surface area contributed by atoms with Crippen molar-refractivity contribution >= 4 is 23.4 Å². The van der Waals surface area contributed by atoms with Crippen molar-refractivity contribution in [1.82, 2.24) is 5.32 Å². The zero-order chi connectivity index (χ0) is 14.8. The first-order valence-electron chi connectivity index (χ1n) is 6.35. The van der Waals surface area contributed by atoms with Crippen LogP contribution in [-0.4, -0.2) is 36.3 Å². The molecule has 7 heteroatoms. The summed E-state index contributed by atoms with van der Waals surface area (Å²) in [6, 6.07) is 6.15. The summed E-state index contributed by atoms with van der Waals surface area (Å²) < 4.78 is 5.16. The van der Waals surface area contributed by atoms with Gasteiger partial charge in [-0.15, -0.1) is 11.8 Å². The van der Waals surface area contributed by atoms with Gasteiger partial charge >= 0.3 is 0 Å². The van der Waals surface area contributed by atoms with E-state index in [1.165, 1.54) is 23.9 Å². The summed E-state index contributed by atoms with van der Waals surface area (Å²) in [5.41, 5.74) is 0.0507. The van der Waals surface area contributed by atoms with Gasteiger partial charge < -0.3 is 10.1 Å². The molecule has 0 atom stereocenters. The molecule has 110 valence electrons.